The van der Waals surface area contributed by atoms with Crippen LogP contribution in [0, 0.1) is 5.92 Å². The van der Waals surface area contributed by atoms with Gasteiger partial charge in [-0.05, 0) is 25.7 Å². The summed E-state index contributed by atoms with van der Waals surface area (Å²) in [5.41, 5.74) is 0.481. The van der Waals surface area contributed by atoms with Crippen molar-refractivity contribution < 1.29 is 4.79 Å². The fourth-order valence-electron chi connectivity index (χ4n) is 2.92. The van der Waals surface area contributed by atoms with Crippen LogP contribution in [0.15, 0.2) is 0 Å². The largest absolute Gasteiger partial charge is 0.299 e. The molecule has 1 saturated carbocycles. The number of carbonyl (C=O) groups is 1. The zero-order valence-electron chi connectivity index (χ0n) is 9.38. The van der Waals surface area contributed by atoms with Crippen LogP contribution in [0.2, 0.25) is 0 Å². The Bertz CT molecular complexity index is 227. The first-order valence-corrected chi connectivity index (χ1v) is 5.96. The number of hydrogen-bond acceptors (Lipinski definition) is 2. The molecule has 1 unspecified atom stereocenters. The van der Waals surface area contributed by atoms with E-state index in [2.05, 4.69) is 18.7 Å². The summed E-state index contributed by atoms with van der Waals surface area (Å²) in [4.78, 5) is 14.0. The van der Waals surface area contributed by atoms with Crippen molar-refractivity contribution in [1.82, 2.24) is 4.90 Å². The Balaban J connectivity index is 2.01. The molecule has 0 bridgehead atoms. The number of piperidine rings is 1. The number of ketones is 1. The summed E-state index contributed by atoms with van der Waals surface area (Å²) in [6, 6.07) is 0. The minimum atomic E-state index is 0.271. The highest BCUT2D eigenvalue weighted by atomic mass is 16.1. The van der Waals surface area contributed by atoms with Crippen LogP contribution in [-0.2, 0) is 4.79 Å². The first-order valence-electron chi connectivity index (χ1n) is 5.96. The van der Waals surface area contributed by atoms with E-state index >= 15 is 0 Å². The standard InChI is InChI=1S/C12H21NO/c1-3-12(6-4-7-12)13-8-5-11(14)10(2)9-13/h10H,3-9H2,1-2H3. The van der Waals surface area contributed by atoms with E-state index in [1.165, 1.54) is 25.7 Å². The lowest BCUT2D eigenvalue weighted by atomic mass is 9.72. The zero-order chi connectivity index (χ0) is 10.2. The summed E-state index contributed by atoms with van der Waals surface area (Å²) in [5, 5.41) is 0. The lowest BCUT2D eigenvalue weighted by Gasteiger charge is -2.52. The van der Waals surface area contributed by atoms with Gasteiger partial charge in [0.1, 0.15) is 5.78 Å². The van der Waals surface area contributed by atoms with Gasteiger partial charge in [-0.3, -0.25) is 9.69 Å². The van der Waals surface area contributed by atoms with Gasteiger partial charge in [-0.25, -0.2) is 0 Å². The predicted molar refractivity (Wildman–Crippen MR) is 57.2 cm³/mol. The summed E-state index contributed by atoms with van der Waals surface area (Å²) >= 11 is 0. The first-order chi connectivity index (χ1) is 6.68. The number of likely N-dealkylation sites (tertiary alicyclic amines) is 1. The summed E-state index contributed by atoms with van der Waals surface area (Å²) in [7, 11) is 0. The second-order valence-electron chi connectivity index (χ2n) is 4.99. The molecule has 1 saturated heterocycles. The Labute approximate surface area is 86.7 Å². The summed E-state index contributed by atoms with van der Waals surface area (Å²) in [6.07, 6.45) is 6.12. The fourth-order valence-corrected chi connectivity index (χ4v) is 2.92. The molecule has 14 heavy (non-hydrogen) atoms. The van der Waals surface area contributed by atoms with Gasteiger partial charge in [0, 0.05) is 31.0 Å². The molecule has 1 heterocycles. The van der Waals surface area contributed by atoms with Gasteiger partial charge in [0.25, 0.3) is 0 Å². The fraction of sp³-hybridized carbons (Fsp3) is 0.917. The van der Waals surface area contributed by atoms with E-state index in [0.717, 1.165) is 19.5 Å². The summed E-state index contributed by atoms with van der Waals surface area (Å²) in [6.45, 7) is 6.39. The van der Waals surface area contributed by atoms with Gasteiger partial charge >= 0.3 is 0 Å². The smallest absolute Gasteiger partial charge is 0.138 e. The van der Waals surface area contributed by atoms with Gasteiger partial charge in [0.2, 0.25) is 0 Å². The monoisotopic (exact) mass is 195 g/mol. The van der Waals surface area contributed by atoms with Crippen LogP contribution in [0.25, 0.3) is 0 Å². The Morgan fingerprint density at radius 2 is 2.21 bits per heavy atom. The van der Waals surface area contributed by atoms with E-state index in [1.807, 2.05) is 0 Å². The Morgan fingerprint density at radius 3 is 2.64 bits per heavy atom. The highest BCUT2D eigenvalue weighted by molar-refractivity contribution is 5.81. The molecular formula is C12H21NO. The molecule has 0 N–H and O–H groups in total. The maximum atomic E-state index is 11.4. The molecule has 2 aliphatic rings. The number of hydrogen-bond donors (Lipinski definition) is 0. The molecule has 2 rings (SSSR count). The Kier molecular flexibility index (Phi) is 2.65. The Hall–Kier alpha value is -0.370. The van der Waals surface area contributed by atoms with Crippen LogP contribution in [0.1, 0.15) is 46.0 Å². The zero-order valence-corrected chi connectivity index (χ0v) is 9.38. The first kappa shape index (κ1) is 10.2. The topological polar surface area (TPSA) is 20.3 Å². The Morgan fingerprint density at radius 1 is 1.50 bits per heavy atom. The van der Waals surface area contributed by atoms with Crippen molar-refractivity contribution >= 4 is 5.78 Å². The molecule has 1 atom stereocenters. The molecule has 2 nitrogen and oxygen atoms in total. The molecule has 2 fully saturated rings. The van der Waals surface area contributed by atoms with Crippen LogP contribution in [0.5, 0.6) is 0 Å². The van der Waals surface area contributed by atoms with Gasteiger partial charge in [-0.2, -0.15) is 0 Å². The van der Waals surface area contributed by atoms with Crippen LogP contribution >= 0.6 is 0 Å². The quantitative estimate of drug-likeness (QED) is 0.673. The third-order valence-corrected chi connectivity index (χ3v) is 4.29. The van der Waals surface area contributed by atoms with Crippen molar-refractivity contribution in [2.24, 2.45) is 5.92 Å². The van der Waals surface area contributed by atoms with Gasteiger partial charge < -0.3 is 0 Å². The van der Waals surface area contributed by atoms with Crippen molar-refractivity contribution in [3.05, 3.63) is 0 Å². The molecule has 0 amide bonds. The van der Waals surface area contributed by atoms with E-state index in [1.54, 1.807) is 0 Å². The van der Waals surface area contributed by atoms with Crippen LogP contribution < -0.4 is 0 Å². The average Bonchev–Trinajstić information content (AvgIpc) is 2.10. The van der Waals surface area contributed by atoms with E-state index < -0.39 is 0 Å². The maximum Gasteiger partial charge on any atom is 0.138 e. The normalized spacial score (nSPS) is 32.7. The number of rotatable bonds is 2. The minimum absolute atomic E-state index is 0.271. The predicted octanol–water partition coefficient (Wildman–Crippen LogP) is 2.23. The number of nitrogens with zero attached hydrogens (tertiary/aromatic N) is 1. The second kappa shape index (κ2) is 3.65. The van der Waals surface area contributed by atoms with Crippen LogP contribution in [-0.4, -0.2) is 29.3 Å². The van der Waals surface area contributed by atoms with Crippen molar-refractivity contribution in [2.75, 3.05) is 13.1 Å². The molecule has 0 aromatic carbocycles. The average molecular weight is 195 g/mol. The third-order valence-electron chi connectivity index (χ3n) is 4.29. The van der Waals surface area contributed by atoms with Gasteiger partial charge in [-0.15, -0.1) is 0 Å². The SMILES string of the molecule is CCC1(N2CCC(=O)C(C)C2)CCC1. The molecule has 1 aliphatic carbocycles. The van der Waals surface area contributed by atoms with Gasteiger partial charge in [-0.1, -0.05) is 13.8 Å². The van der Waals surface area contributed by atoms with Crippen LogP contribution in [0.3, 0.4) is 0 Å². The third kappa shape index (κ3) is 1.50. The molecule has 0 radical (unpaired) electrons. The summed E-state index contributed by atoms with van der Waals surface area (Å²) in [5.74, 6) is 0.736. The van der Waals surface area contributed by atoms with Gasteiger partial charge in [0.05, 0.1) is 0 Å². The molecule has 2 heteroatoms. The summed E-state index contributed by atoms with van der Waals surface area (Å²) < 4.78 is 0. The minimum Gasteiger partial charge on any atom is -0.299 e. The van der Waals surface area contributed by atoms with Crippen molar-refractivity contribution in [3.63, 3.8) is 0 Å². The lowest BCUT2D eigenvalue weighted by Crippen LogP contribution is -2.57. The highest BCUT2D eigenvalue weighted by Gasteiger charge is 2.42. The maximum absolute atomic E-state index is 11.4. The molecule has 0 aromatic heterocycles. The molecular weight excluding hydrogens is 174 g/mol. The van der Waals surface area contributed by atoms with E-state index in [-0.39, 0.29) is 5.92 Å². The second-order valence-corrected chi connectivity index (χ2v) is 4.99. The van der Waals surface area contributed by atoms with E-state index in [0.29, 0.717) is 11.3 Å². The highest BCUT2D eigenvalue weighted by Crippen LogP contribution is 2.41. The van der Waals surface area contributed by atoms with Crippen LogP contribution in [0.4, 0.5) is 0 Å². The molecule has 0 spiro atoms. The number of carbonyl (C=O) groups excluding carboxylic acids is 1. The molecule has 1 aliphatic heterocycles. The van der Waals surface area contributed by atoms with Gasteiger partial charge in [0.15, 0.2) is 0 Å². The van der Waals surface area contributed by atoms with Crippen molar-refractivity contribution in [3.8, 4) is 0 Å². The van der Waals surface area contributed by atoms with Crippen molar-refractivity contribution in [2.45, 2.75) is 51.5 Å². The number of Topliss-reactive ketones (excluding diaryl/α,β-unsaturated/α-hetero) is 1. The molecule has 80 valence electrons. The molecule has 0 aromatic rings. The van der Waals surface area contributed by atoms with E-state index in [4.69, 9.17) is 0 Å². The lowest BCUT2D eigenvalue weighted by molar-refractivity contribution is -0.129. The van der Waals surface area contributed by atoms with E-state index in [9.17, 15) is 4.79 Å². The van der Waals surface area contributed by atoms with Crippen molar-refractivity contribution in [1.29, 1.82) is 0 Å².